The third-order valence-corrected chi connectivity index (χ3v) is 3.46. The van der Waals surface area contributed by atoms with Crippen LogP contribution < -0.4 is 24.8 Å². The molecule has 0 heterocycles. The van der Waals surface area contributed by atoms with Gasteiger partial charge in [0.25, 0.3) is 0 Å². The molecule has 25 heavy (non-hydrogen) atoms. The predicted molar refractivity (Wildman–Crippen MR) is 97.2 cm³/mol. The lowest BCUT2D eigenvalue weighted by Crippen LogP contribution is -2.20. The molecule has 5 nitrogen and oxygen atoms in total. The number of rotatable bonds is 6. The summed E-state index contributed by atoms with van der Waals surface area (Å²) in [5.41, 5.74) is 1.81. The van der Waals surface area contributed by atoms with Gasteiger partial charge >= 0.3 is 6.61 Å². The highest BCUT2D eigenvalue weighted by molar-refractivity contribution is 7.80. The van der Waals surface area contributed by atoms with Gasteiger partial charge in [0, 0.05) is 6.07 Å². The summed E-state index contributed by atoms with van der Waals surface area (Å²) < 4.78 is 40.0. The Morgan fingerprint density at radius 3 is 2.32 bits per heavy atom. The highest BCUT2D eigenvalue weighted by Gasteiger charge is 2.12. The van der Waals surface area contributed by atoms with Crippen LogP contribution in [-0.2, 0) is 0 Å². The quantitative estimate of drug-likeness (QED) is 0.736. The molecule has 2 aromatic carbocycles. The van der Waals surface area contributed by atoms with Gasteiger partial charge in [0.15, 0.2) is 5.11 Å². The Bertz CT molecular complexity index is 757. The molecule has 0 aliphatic rings. The number of alkyl halides is 2. The minimum Gasteiger partial charge on any atom is -0.497 e. The van der Waals surface area contributed by atoms with Gasteiger partial charge in [-0.3, -0.25) is 0 Å². The van der Waals surface area contributed by atoms with E-state index < -0.39 is 6.61 Å². The smallest absolute Gasteiger partial charge is 0.387 e. The van der Waals surface area contributed by atoms with Gasteiger partial charge in [0.05, 0.1) is 25.6 Å². The Morgan fingerprint density at radius 1 is 0.960 bits per heavy atom. The number of aryl methyl sites for hydroxylation is 1. The minimum absolute atomic E-state index is 0.00597. The van der Waals surface area contributed by atoms with Crippen LogP contribution in [0.15, 0.2) is 36.4 Å². The Hall–Kier alpha value is -2.61. The van der Waals surface area contributed by atoms with E-state index in [-0.39, 0.29) is 10.9 Å². The van der Waals surface area contributed by atoms with Gasteiger partial charge in [-0.05, 0) is 49.0 Å². The molecule has 0 amide bonds. The standard InChI is InChI=1S/C17H18F2N2O3S/c1-10-4-7-14(24-16(18)19)13(8-10)21-17(25)20-12-6-5-11(22-2)9-15(12)23-3/h4-9,16H,1-3H3,(H2,20,21,25). The van der Waals surface area contributed by atoms with Gasteiger partial charge in [-0.1, -0.05) is 6.07 Å². The molecule has 2 rings (SSSR count). The zero-order valence-electron chi connectivity index (χ0n) is 13.9. The van der Waals surface area contributed by atoms with Gasteiger partial charge in [0.1, 0.15) is 17.2 Å². The summed E-state index contributed by atoms with van der Waals surface area (Å²) in [6, 6.07) is 9.97. The molecule has 0 aliphatic heterocycles. The molecule has 0 fully saturated rings. The molecule has 0 saturated heterocycles. The van der Waals surface area contributed by atoms with Crippen molar-refractivity contribution in [3.63, 3.8) is 0 Å². The second kappa shape index (κ2) is 8.48. The molecular weight excluding hydrogens is 350 g/mol. The Kier molecular flexibility index (Phi) is 6.35. The average Bonchev–Trinajstić information content (AvgIpc) is 2.57. The lowest BCUT2D eigenvalue weighted by atomic mass is 10.2. The van der Waals surface area contributed by atoms with Crippen molar-refractivity contribution in [3.8, 4) is 17.2 Å². The summed E-state index contributed by atoms with van der Waals surface area (Å²) in [6.07, 6.45) is 0. The molecule has 2 N–H and O–H groups in total. The normalized spacial score (nSPS) is 10.3. The Morgan fingerprint density at radius 2 is 1.68 bits per heavy atom. The summed E-state index contributed by atoms with van der Waals surface area (Å²) in [4.78, 5) is 0. The number of hydrogen-bond donors (Lipinski definition) is 2. The molecule has 0 radical (unpaired) electrons. The van der Waals surface area contributed by atoms with Crippen LogP contribution >= 0.6 is 12.2 Å². The maximum atomic E-state index is 12.5. The van der Waals surface area contributed by atoms with E-state index in [0.717, 1.165) is 5.56 Å². The Balaban J connectivity index is 2.16. The summed E-state index contributed by atoms with van der Waals surface area (Å²) >= 11 is 5.25. The zero-order chi connectivity index (χ0) is 18.4. The van der Waals surface area contributed by atoms with Crippen LogP contribution in [0.25, 0.3) is 0 Å². The van der Waals surface area contributed by atoms with Crippen molar-refractivity contribution in [1.29, 1.82) is 0 Å². The average molecular weight is 368 g/mol. The summed E-state index contributed by atoms with van der Waals surface area (Å²) in [5.74, 6) is 1.16. The molecule has 2 aromatic rings. The highest BCUT2D eigenvalue weighted by Crippen LogP contribution is 2.30. The summed E-state index contributed by atoms with van der Waals surface area (Å²) in [6.45, 7) is -1.09. The van der Waals surface area contributed by atoms with E-state index in [4.69, 9.17) is 21.7 Å². The molecule has 0 aromatic heterocycles. The van der Waals surface area contributed by atoms with E-state index in [2.05, 4.69) is 15.4 Å². The van der Waals surface area contributed by atoms with Crippen molar-refractivity contribution in [2.45, 2.75) is 13.5 Å². The van der Waals surface area contributed by atoms with E-state index in [0.29, 0.717) is 22.9 Å². The highest BCUT2D eigenvalue weighted by atomic mass is 32.1. The first-order valence-corrected chi connectivity index (χ1v) is 7.69. The van der Waals surface area contributed by atoms with Crippen molar-refractivity contribution in [1.82, 2.24) is 0 Å². The monoisotopic (exact) mass is 368 g/mol. The number of ether oxygens (including phenoxy) is 3. The topological polar surface area (TPSA) is 51.8 Å². The number of halogens is 2. The van der Waals surface area contributed by atoms with Crippen molar-refractivity contribution < 1.29 is 23.0 Å². The first kappa shape index (κ1) is 18.7. The molecule has 0 aliphatic carbocycles. The van der Waals surface area contributed by atoms with Crippen LogP contribution in [0.3, 0.4) is 0 Å². The summed E-state index contributed by atoms with van der Waals surface area (Å²) in [5, 5.41) is 6.02. The van der Waals surface area contributed by atoms with Crippen LogP contribution in [0.2, 0.25) is 0 Å². The number of nitrogens with one attached hydrogen (secondary N) is 2. The lowest BCUT2D eigenvalue weighted by molar-refractivity contribution is -0.0493. The van der Waals surface area contributed by atoms with Crippen molar-refractivity contribution in [3.05, 3.63) is 42.0 Å². The number of anilines is 2. The van der Waals surface area contributed by atoms with Gasteiger partial charge in [-0.2, -0.15) is 8.78 Å². The number of benzene rings is 2. The molecular formula is C17H18F2N2O3S. The fraction of sp³-hybridized carbons (Fsp3) is 0.235. The van der Waals surface area contributed by atoms with Gasteiger partial charge in [-0.25, -0.2) is 0 Å². The maximum absolute atomic E-state index is 12.5. The van der Waals surface area contributed by atoms with Gasteiger partial charge in [0.2, 0.25) is 0 Å². The van der Waals surface area contributed by atoms with Crippen molar-refractivity contribution in [2.75, 3.05) is 24.9 Å². The fourth-order valence-electron chi connectivity index (χ4n) is 2.12. The first-order chi connectivity index (χ1) is 11.9. The van der Waals surface area contributed by atoms with Crippen LogP contribution in [-0.4, -0.2) is 25.9 Å². The number of methoxy groups -OCH3 is 2. The van der Waals surface area contributed by atoms with E-state index in [1.165, 1.54) is 13.2 Å². The molecule has 0 saturated carbocycles. The minimum atomic E-state index is -2.92. The lowest BCUT2D eigenvalue weighted by Gasteiger charge is -2.16. The van der Waals surface area contributed by atoms with Crippen molar-refractivity contribution in [2.24, 2.45) is 0 Å². The van der Waals surface area contributed by atoms with E-state index in [1.807, 2.05) is 6.92 Å². The molecule has 134 valence electrons. The van der Waals surface area contributed by atoms with Crippen molar-refractivity contribution >= 4 is 28.7 Å². The fourth-order valence-corrected chi connectivity index (χ4v) is 2.34. The van der Waals surface area contributed by atoms with Crippen LogP contribution in [0, 0.1) is 6.92 Å². The maximum Gasteiger partial charge on any atom is 0.387 e. The Labute approximate surface area is 149 Å². The first-order valence-electron chi connectivity index (χ1n) is 7.28. The van der Waals surface area contributed by atoms with Crippen LogP contribution in [0.1, 0.15) is 5.56 Å². The van der Waals surface area contributed by atoms with Crippen LogP contribution in [0.5, 0.6) is 17.2 Å². The van der Waals surface area contributed by atoms with Crippen LogP contribution in [0.4, 0.5) is 20.2 Å². The third-order valence-electron chi connectivity index (χ3n) is 3.26. The molecule has 0 unspecified atom stereocenters. The SMILES string of the molecule is COc1ccc(NC(=S)Nc2cc(C)ccc2OC(F)F)c(OC)c1. The van der Waals surface area contributed by atoms with Gasteiger partial charge < -0.3 is 24.8 Å². The third kappa shape index (κ3) is 5.18. The second-order valence-electron chi connectivity index (χ2n) is 5.02. The van der Waals surface area contributed by atoms with E-state index >= 15 is 0 Å². The predicted octanol–water partition coefficient (Wildman–Crippen LogP) is 4.42. The largest absolute Gasteiger partial charge is 0.497 e. The zero-order valence-corrected chi connectivity index (χ0v) is 14.7. The number of thiocarbonyl (C=S) groups is 1. The molecule has 8 heteroatoms. The molecule has 0 bridgehead atoms. The second-order valence-corrected chi connectivity index (χ2v) is 5.43. The molecule has 0 atom stereocenters. The van der Waals surface area contributed by atoms with E-state index in [1.54, 1.807) is 37.4 Å². The van der Waals surface area contributed by atoms with E-state index in [9.17, 15) is 8.78 Å². The van der Waals surface area contributed by atoms with Gasteiger partial charge in [-0.15, -0.1) is 0 Å². The molecule has 0 spiro atoms. The summed E-state index contributed by atoms with van der Waals surface area (Å²) in [7, 11) is 3.07. The number of hydrogen-bond acceptors (Lipinski definition) is 4.